The third-order valence-corrected chi connectivity index (χ3v) is 12.4. The molecule has 63 heavy (non-hydrogen) atoms. The van der Waals surface area contributed by atoms with E-state index < -0.39 is 0 Å². The predicted molar refractivity (Wildman–Crippen MR) is 265 cm³/mol. The van der Waals surface area contributed by atoms with Gasteiger partial charge in [-0.05, 0) is 103 Å². The van der Waals surface area contributed by atoms with Gasteiger partial charge in [-0.3, -0.25) is 5.41 Å². The van der Waals surface area contributed by atoms with Gasteiger partial charge in [0.1, 0.15) is 5.71 Å². The number of allylic oxidation sites excluding steroid dienone is 1. The van der Waals surface area contributed by atoms with Gasteiger partial charge in [0.2, 0.25) is 0 Å². The third-order valence-electron chi connectivity index (χ3n) is 12.2. The van der Waals surface area contributed by atoms with Gasteiger partial charge in [-0.2, -0.15) is 0 Å². The first-order valence-corrected chi connectivity index (χ1v) is 21.2. The maximum atomic E-state index is 8.70. The van der Waals surface area contributed by atoms with E-state index >= 15 is 0 Å². The van der Waals surface area contributed by atoms with Crippen molar-refractivity contribution in [2.24, 2.45) is 4.40 Å². The molecule has 9 aromatic carbocycles. The van der Waals surface area contributed by atoms with Crippen molar-refractivity contribution < 1.29 is 0 Å². The molecule has 2 heterocycles. The fourth-order valence-corrected chi connectivity index (χ4v) is 9.45. The lowest BCUT2D eigenvalue weighted by Crippen LogP contribution is -2.18. The summed E-state index contributed by atoms with van der Waals surface area (Å²) in [6.07, 6.45) is 3.73. The van der Waals surface area contributed by atoms with Crippen LogP contribution in [0.2, 0.25) is 0 Å². The Morgan fingerprint density at radius 3 is 1.56 bits per heavy atom. The molecule has 0 saturated carbocycles. The van der Waals surface area contributed by atoms with Crippen LogP contribution in [0.5, 0.6) is 0 Å². The van der Waals surface area contributed by atoms with E-state index in [1.165, 1.54) is 10.8 Å². The van der Waals surface area contributed by atoms with Crippen LogP contribution in [-0.2, 0) is 0 Å². The lowest BCUT2D eigenvalue weighted by Gasteiger charge is -2.20. The Kier molecular flexibility index (Phi) is 8.62. The minimum Gasteiger partial charge on any atom is -0.299 e. The highest BCUT2D eigenvalue weighted by Gasteiger charge is 2.25. The standard InChI is InChI=1S/C56H34N6S/c57-49-28-27-46-51(53(49)62-63)45-26-25-35(32-50(45)58-52(46)33-13-2-1-3-14-33)34-17-12-18-38(29-34)54-59-55(47-30-36-15-4-6-19-39(36)41-21-8-10-23-43(41)47)61-56(60-54)48-31-37-16-5-7-20-40(37)42-22-9-11-24-44(42)48/h1-32,57,63H. The van der Waals surface area contributed by atoms with Crippen LogP contribution in [0.15, 0.2) is 192 Å². The van der Waals surface area contributed by atoms with E-state index in [1.807, 2.05) is 24.3 Å². The SMILES string of the molecule is N=C1C=Cc2c(-c3ccccc3)nc3cc(-c4cccc(-c5nc(-c6cc7ccccc7c7ccccc67)nc(-c6cc7ccccc7c7ccccc67)n5)c4)ccc3c2C1=NS. The summed E-state index contributed by atoms with van der Waals surface area (Å²) < 4.78 is 4.29. The van der Waals surface area contributed by atoms with E-state index in [2.05, 4.69) is 181 Å². The van der Waals surface area contributed by atoms with E-state index in [1.54, 1.807) is 6.08 Å². The summed E-state index contributed by atoms with van der Waals surface area (Å²) in [5.41, 5.74) is 9.94. The molecule has 6 nitrogen and oxygen atoms in total. The van der Waals surface area contributed by atoms with Gasteiger partial charge < -0.3 is 0 Å². The number of nitrogens with zero attached hydrogens (tertiary/aromatic N) is 5. The Morgan fingerprint density at radius 1 is 0.397 bits per heavy atom. The number of fused-ring (bicyclic) bond motifs is 9. The Labute approximate surface area is 368 Å². The van der Waals surface area contributed by atoms with E-state index in [9.17, 15) is 0 Å². The second-order valence-corrected chi connectivity index (χ2v) is 16.0. The summed E-state index contributed by atoms with van der Waals surface area (Å²) in [7, 11) is 0. The molecule has 0 radical (unpaired) electrons. The number of pyridine rings is 1. The molecular formula is C56H34N6S. The number of hydrogen-bond donors (Lipinski definition) is 2. The van der Waals surface area contributed by atoms with Gasteiger partial charge in [0.05, 0.1) is 16.9 Å². The molecule has 294 valence electrons. The van der Waals surface area contributed by atoms with Crippen molar-refractivity contribution in [2.45, 2.75) is 0 Å². The van der Waals surface area contributed by atoms with Gasteiger partial charge in [0.15, 0.2) is 17.5 Å². The molecule has 12 rings (SSSR count). The fraction of sp³-hybridized carbons (Fsp3) is 0. The lowest BCUT2D eigenvalue weighted by atomic mass is 9.87. The Hall–Kier alpha value is -8.13. The van der Waals surface area contributed by atoms with E-state index in [-0.39, 0.29) is 0 Å². The molecule has 1 N–H and O–H groups in total. The smallest absolute Gasteiger partial charge is 0.164 e. The van der Waals surface area contributed by atoms with E-state index in [0.717, 1.165) is 93.4 Å². The van der Waals surface area contributed by atoms with Crippen molar-refractivity contribution in [1.82, 2.24) is 19.9 Å². The molecule has 1 aliphatic rings. The molecule has 0 saturated heterocycles. The van der Waals surface area contributed by atoms with Crippen LogP contribution >= 0.6 is 12.8 Å². The molecule has 2 aromatic heterocycles. The second-order valence-electron chi connectivity index (χ2n) is 15.8. The quantitative estimate of drug-likeness (QED) is 0.134. The van der Waals surface area contributed by atoms with Crippen LogP contribution in [0.3, 0.4) is 0 Å². The molecular weight excluding hydrogens is 789 g/mol. The molecule has 0 aliphatic heterocycles. The van der Waals surface area contributed by atoms with Crippen LogP contribution in [-0.4, -0.2) is 31.4 Å². The molecule has 0 atom stereocenters. The van der Waals surface area contributed by atoms with Gasteiger partial charge >= 0.3 is 0 Å². The molecule has 0 amide bonds. The first-order chi connectivity index (χ1) is 31.1. The average Bonchev–Trinajstić information content (AvgIpc) is 3.35. The molecule has 11 aromatic rings. The van der Waals surface area contributed by atoms with Crippen molar-refractivity contribution in [1.29, 1.82) is 5.41 Å². The second kappa shape index (κ2) is 14.8. The largest absolute Gasteiger partial charge is 0.299 e. The third kappa shape index (κ3) is 6.12. The number of hydrogen-bond acceptors (Lipinski definition) is 7. The fourth-order valence-electron chi connectivity index (χ4n) is 9.24. The first-order valence-electron chi connectivity index (χ1n) is 20.8. The van der Waals surface area contributed by atoms with Crippen LogP contribution in [0.4, 0.5) is 0 Å². The molecule has 0 unspecified atom stereocenters. The number of rotatable bonds is 5. The Bertz CT molecular complexity index is 3640. The van der Waals surface area contributed by atoms with Gasteiger partial charge in [-0.15, -0.1) is 0 Å². The summed E-state index contributed by atoms with van der Waals surface area (Å²) >= 11 is 4.32. The zero-order valence-corrected chi connectivity index (χ0v) is 34.6. The van der Waals surface area contributed by atoms with Gasteiger partial charge in [0.25, 0.3) is 0 Å². The summed E-state index contributed by atoms with van der Waals surface area (Å²) in [4.78, 5) is 21.3. The summed E-state index contributed by atoms with van der Waals surface area (Å²) in [6.45, 7) is 0. The maximum Gasteiger partial charge on any atom is 0.164 e. The van der Waals surface area contributed by atoms with Gasteiger partial charge in [-0.1, -0.05) is 158 Å². The topological polar surface area (TPSA) is 87.8 Å². The van der Waals surface area contributed by atoms with Crippen LogP contribution in [0.25, 0.3) is 117 Å². The molecule has 0 fully saturated rings. The van der Waals surface area contributed by atoms with Crippen LogP contribution < -0.4 is 0 Å². The van der Waals surface area contributed by atoms with Crippen molar-refractivity contribution in [2.75, 3.05) is 0 Å². The van der Waals surface area contributed by atoms with Crippen molar-refractivity contribution in [3.63, 3.8) is 0 Å². The normalized spacial score (nSPS) is 13.2. The number of aromatic nitrogens is 4. The maximum absolute atomic E-state index is 8.70. The Morgan fingerprint density at radius 2 is 0.921 bits per heavy atom. The minimum atomic E-state index is 0.310. The number of nitrogens with one attached hydrogen (secondary N) is 1. The predicted octanol–water partition coefficient (Wildman–Crippen LogP) is 14.0. The van der Waals surface area contributed by atoms with Crippen molar-refractivity contribution >= 4 is 84.3 Å². The Balaban J connectivity index is 1.07. The summed E-state index contributed by atoms with van der Waals surface area (Å²) in [5.74, 6) is 1.79. The highest BCUT2D eigenvalue weighted by Crippen LogP contribution is 2.40. The highest BCUT2D eigenvalue weighted by atomic mass is 32.1. The highest BCUT2D eigenvalue weighted by molar-refractivity contribution is 7.79. The summed E-state index contributed by atoms with van der Waals surface area (Å²) in [6, 6.07) is 63.2. The zero-order valence-electron chi connectivity index (χ0n) is 33.7. The van der Waals surface area contributed by atoms with E-state index in [4.69, 9.17) is 25.3 Å². The average molecular weight is 823 g/mol. The zero-order chi connectivity index (χ0) is 42.0. The minimum absolute atomic E-state index is 0.310. The van der Waals surface area contributed by atoms with Crippen molar-refractivity contribution in [3.8, 4) is 56.5 Å². The van der Waals surface area contributed by atoms with Crippen molar-refractivity contribution in [3.05, 3.63) is 199 Å². The van der Waals surface area contributed by atoms with Crippen LogP contribution in [0.1, 0.15) is 11.1 Å². The molecule has 0 spiro atoms. The lowest BCUT2D eigenvalue weighted by molar-refractivity contribution is 1.08. The first kappa shape index (κ1) is 36.7. The monoisotopic (exact) mass is 822 g/mol. The van der Waals surface area contributed by atoms with Crippen LogP contribution in [0, 0.1) is 5.41 Å². The number of thiol groups is 1. The van der Waals surface area contributed by atoms with E-state index in [0.29, 0.717) is 28.9 Å². The van der Waals surface area contributed by atoms with Gasteiger partial charge in [0, 0.05) is 38.8 Å². The number of benzene rings is 9. The molecule has 7 heteroatoms. The molecule has 0 bridgehead atoms. The summed E-state index contributed by atoms with van der Waals surface area (Å²) in [5, 5.41) is 18.7. The van der Waals surface area contributed by atoms with Gasteiger partial charge in [-0.25, -0.2) is 24.3 Å². The molecule has 1 aliphatic carbocycles.